The average molecular weight is 337 g/mol. The quantitative estimate of drug-likeness (QED) is 0.879. The summed E-state index contributed by atoms with van der Waals surface area (Å²) in [5.74, 6) is 0.799. The molecule has 0 saturated carbocycles. The number of hydrogen-bond donors (Lipinski definition) is 1. The molecule has 2 aromatic rings. The van der Waals surface area contributed by atoms with Crippen molar-refractivity contribution in [3.8, 4) is 5.75 Å². The molecule has 1 heterocycles. The molecule has 0 radical (unpaired) electrons. The number of ether oxygens (including phenoxy) is 1. The first kappa shape index (κ1) is 15.1. The van der Waals surface area contributed by atoms with Gasteiger partial charge in [-0.05, 0) is 25.1 Å². The van der Waals surface area contributed by atoms with Crippen LogP contribution in [0.1, 0.15) is 33.4 Å². The molecule has 0 unspecified atom stereocenters. The van der Waals surface area contributed by atoms with Gasteiger partial charge in [0, 0.05) is 33.2 Å². The molecule has 0 aliphatic carbocycles. The predicted octanol–water partition coefficient (Wildman–Crippen LogP) is 4.74. The van der Waals surface area contributed by atoms with E-state index in [9.17, 15) is 0 Å². The number of anilines is 1. The second-order valence-electron chi connectivity index (χ2n) is 5.81. The summed E-state index contributed by atoms with van der Waals surface area (Å²) >= 11 is 3.62. The number of nitrogens with one attached hydrogen (secondary N) is 1. The molecule has 0 aliphatic heterocycles. The molecule has 3 nitrogen and oxygen atoms in total. The Bertz CT molecular complexity index is 632. The van der Waals surface area contributed by atoms with E-state index in [1.165, 1.54) is 0 Å². The van der Waals surface area contributed by atoms with Crippen molar-refractivity contribution in [1.29, 1.82) is 0 Å². The predicted molar refractivity (Wildman–Crippen MR) is 88.9 cm³/mol. The van der Waals surface area contributed by atoms with Crippen LogP contribution >= 0.6 is 15.9 Å². The Labute approximate surface area is 128 Å². The Hall–Kier alpha value is -1.29. The van der Waals surface area contributed by atoms with Gasteiger partial charge < -0.3 is 10.1 Å². The smallest absolute Gasteiger partial charge is 0.145 e. The third-order valence-corrected chi connectivity index (χ3v) is 3.89. The first-order chi connectivity index (χ1) is 9.38. The van der Waals surface area contributed by atoms with E-state index in [0.29, 0.717) is 0 Å². The normalized spacial score (nSPS) is 11.7. The number of nitrogens with zero attached hydrogens (tertiary/aromatic N) is 1. The highest BCUT2D eigenvalue weighted by molar-refractivity contribution is 9.10. The van der Waals surface area contributed by atoms with E-state index in [1.807, 2.05) is 12.1 Å². The van der Waals surface area contributed by atoms with Crippen LogP contribution in [0, 0.1) is 0 Å². The van der Waals surface area contributed by atoms with Crippen LogP contribution in [0.25, 0.3) is 10.9 Å². The van der Waals surface area contributed by atoms with Gasteiger partial charge in [0.15, 0.2) is 0 Å². The first-order valence-electron chi connectivity index (χ1n) is 6.80. The zero-order valence-electron chi connectivity index (χ0n) is 12.7. The summed E-state index contributed by atoms with van der Waals surface area (Å²) in [7, 11) is 1.68. The molecule has 20 heavy (non-hydrogen) atoms. The van der Waals surface area contributed by atoms with Crippen LogP contribution in [0.2, 0.25) is 0 Å². The van der Waals surface area contributed by atoms with Crippen LogP contribution in [0.3, 0.4) is 0 Å². The Balaban J connectivity index is 2.84. The van der Waals surface area contributed by atoms with Crippen molar-refractivity contribution < 1.29 is 4.74 Å². The zero-order chi connectivity index (χ0) is 14.9. The van der Waals surface area contributed by atoms with Crippen LogP contribution < -0.4 is 10.1 Å². The van der Waals surface area contributed by atoms with Gasteiger partial charge in [-0.3, -0.25) is 0 Å². The molecule has 0 fully saturated rings. The Morgan fingerprint density at radius 1 is 1.30 bits per heavy atom. The van der Waals surface area contributed by atoms with Gasteiger partial charge in [0.05, 0.1) is 7.11 Å². The summed E-state index contributed by atoms with van der Waals surface area (Å²) < 4.78 is 6.50. The van der Waals surface area contributed by atoms with Crippen molar-refractivity contribution in [3.05, 3.63) is 28.4 Å². The maximum Gasteiger partial charge on any atom is 0.145 e. The maximum absolute atomic E-state index is 5.47. The van der Waals surface area contributed by atoms with Crippen molar-refractivity contribution in [1.82, 2.24) is 4.98 Å². The van der Waals surface area contributed by atoms with E-state index < -0.39 is 0 Å². The standard InChI is InChI=1S/C16H21BrN2O/c1-6-18-11-9-13(16(2,3)4)19-15-12(20-5)8-7-10(17)14(11)15/h7-9H,6H2,1-5H3,(H,18,19). The number of benzene rings is 1. The first-order valence-corrected chi connectivity index (χ1v) is 7.59. The molecule has 0 atom stereocenters. The van der Waals surface area contributed by atoms with Gasteiger partial charge in [0.2, 0.25) is 0 Å². The minimum Gasteiger partial charge on any atom is -0.494 e. The van der Waals surface area contributed by atoms with Gasteiger partial charge in [-0.15, -0.1) is 0 Å². The number of fused-ring (bicyclic) bond motifs is 1. The Morgan fingerprint density at radius 3 is 2.55 bits per heavy atom. The lowest BCUT2D eigenvalue weighted by Crippen LogP contribution is -2.14. The zero-order valence-corrected chi connectivity index (χ0v) is 14.3. The van der Waals surface area contributed by atoms with E-state index in [-0.39, 0.29) is 5.41 Å². The van der Waals surface area contributed by atoms with Crippen molar-refractivity contribution in [2.24, 2.45) is 0 Å². The van der Waals surface area contributed by atoms with E-state index in [1.54, 1.807) is 7.11 Å². The molecule has 4 heteroatoms. The van der Waals surface area contributed by atoms with E-state index >= 15 is 0 Å². The largest absolute Gasteiger partial charge is 0.494 e. The van der Waals surface area contributed by atoms with Crippen LogP contribution in [0.4, 0.5) is 5.69 Å². The lowest BCUT2D eigenvalue weighted by atomic mass is 9.90. The molecular formula is C16H21BrN2O. The molecule has 0 aliphatic rings. The molecule has 1 aromatic carbocycles. The monoisotopic (exact) mass is 336 g/mol. The fourth-order valence-electron chi connectivity index (χ4n) is 2.16. The van der Waals surface area contributed by atoms with Gasteiger partial charge in [-0.1, -0.05) is 36.7 Å². The molecule has 0 amide bonds. The van der Waals surface area contributed by atoms with Crippen LogP contribution in [0.15, 0.2) is 22.7 Å². The van der Waals surface area contributed by atoms with Crippen molar-refractivity contribution in [2.45, 2.75) is 33.1 Å². The van der Waals surface area contributed by atoms with Crippen LogP contribution in [-0.4, -0.2) is 18.6 Å². The fraction of sp³-hybridized carbons (Fsp3) is 0.438. The topological polar surface area (TPSA) is 34.2 Å². The molecule has 2 rings (SSSR count). The Kier molecular flexibility index (Phi) is 4.23. The molecule has 0 bridgehead atoms. The van der Waals surface area contributed by atoms with Gasteiger partial charge in [-0.2, -0.15) is 0 Å². The second-order valence-corrected chi connectivity index (χ2v) is 6.66. The maximum atomic E-state index is 5.47. The molecule has 108 valence electrons. The number of rotatable bonds is 3. The SMILES string of the molecule is CCNc1cc(C(C)(C)C)nc2c(OC)ccc(Br)c12. The summed E-state index contributed by atoms with van der Waals surface area (Å²) in [5.41, 5.74) is 3.03. The minimum atomic E-state index is -0.00824. The molecule has 0 saturated heterocycles. The Morgan fingerprint density at radius 2 is 2.00 bits per heavy atom. The molecule has 0 spiro atoms. The summed E-state index contributed by atoms with van der Waals surface area (Å²) in [4.78, 5) is 4.83. The molecule has 1 N–H and O–H groups in total. The highest BCUT2D eigenvalue weighted by Gasteiger charge is 2.20. The lowest BCUT2D eigenvalue weighted by Gasteiger charge is -2.21. The number of halogens is 1. The van der Waals surface area contributed by atoms with Crippen LogP contribution in [-0.2, 0) is 5.41 Å². The van der Waals surface area contributed by atoms with Gasteiger partial charge in [0.1, 0.15) is 11.3 Å². The van der Waals surface area contributed by atoms with Gasteiger partial charge in [-0.25, -0.2) is 4.98 Å². The summed E-state index contributed by atoms with van der Waals surface area (Å²) in [5, 5.41) is 4.50. The highest BCUT2D eigenvalue weighted by atomic mass is 79.9. The summed E-state index contributed by atoms with van der Waals surface area (Å²) in [6, 6.07) is 6.08. The number of methoxy groups -OCH3 is 1. The van der Waals surface area contributed by atoms with Crippen LogP contribution in [0.5, 0.6) is 5.75 Å². The number of pyridine rings is 1. The fourth-order valence-corrected chi connectivity index (χ4v) is 2.69. The minimum absolute atomic E-state index is 0.00824. The number of hydrogen-bond acceptors (Lipinski definition) is 3. The second kappa shape index (κ2) is 5.60. The number of aromatic nitrogens is 1. The van der Waals surface area contributed by atoms with E-state index in [4.69, 9.17) is 9.72 Å². The third kappa shape index (κ3) is 2.75. The van der Waals surface area contributed by atoms with Crippen molar-refractivity contribution in [2.75, 3.05) is 19.0 Å². The van der Waals surface area contributed by atoms with Gasteiger partial charge >= 0.3 is 0 Å². The summed E-state index contributed by atoms with van der Waals surface area (Å²) in [6.07, 6.45) is 0. The third-order valence-electron chi connectivity index (χ3n) is 3.23. The average Bonchev–Trinajstić information content (AvgIpc) is 2.38. The van der Waals surface area contributed by atoms with Crippen molar-refractivity contribution in [3.63, 3.8) is 0 Å². The lowest BCUT2D eigenvalue weighted by molar-refractivity contribution is 0.418. The highest BCUT2D eigenvalue weighted by Crippen LogP contribution is 2.37. The van der Waals surface area contributed by atoms with Gasteiger partial charge in [0.25, 0.3) is 0 Å². The molecule has 1 aromatic heterocycles. The summed E-state index contributed by atoms with van der Waals surface area (Å²) in [6.45, 7) is 9.47. The van der Waals surface area contributed by atoms with Crippen molar-refractivity contribution >= 4 is 32.5 Å². The van der Waals surface area contributed by atoms with E-state index in [2.05, 4.69) is 55.0 Å². The van der Waals surface area contributed by atoms with E-state index in [0.717, 1.165) is 39.1 Å². The molecular weight excluding hydrogens is 316 g/mol.